The molecule has 0 unspecified atom stereocenters. The summed E-state index contributed by atoms with van der Waals surface area (Å²) < 4.78 is 0. The molecule has 3 heteroatoms. The van der Waals surface area contributed by atoms with E-state index in [1.807, 2.05) is 30.3 Å². The molecule has 0 radical (unpaired) electrons. The summed E-state index contributed by atoms with van der Waals surface area (Å²) in [6.07, 6.45) is 2.05. The summed E-state index contributed by atoms with van der Waals surface area (Å²) in [5.41, 5.74) is 1.95. The van der Waals surface area contributed by atoms with E-state index in [0.29, 0.717) is 10.0 Å². The number of benzene rings is 2. The van der Waals surface area contributed by atoms with Gasteiger partial charge < -0.3 is 0 Å². The lowest BCUT2D eigenvalue weighted by molar-refractivity contribution is 1.46. The van der Waals surface area contributed by atoms with E-state index in [0.717, 1.165) is 11.1 Å². The Labute approximate surface area is 110 Å². The maximum atomic E-state index is 6.15. The van der Waals surface area contributed by atoms with Gasteiger partial charge in [0.15, 0.2) is 0 Å². The fraction of sp³-hybridized carbons (Fsp3) is 0.0769. The Bertz CT molecular complexity index is 472. The molecule has 0 saturated carbocycles. The summed E-state index contributed by atoms with van der Waals surface area (Å²) in [4.78, 5) is 1.23. The highest BCUT2D eigenvalue weighted by molar-refractivity contribution is 7.98. The summed E-state index contributed by atoms with van der Waals surface area (Å²) in [5.74, 6) is 0. The van der Waals surface area contributed by atoms with Crippen molar-refractivity contribution in [2.75, 3.05) is 6.26 Å². The quantitative estimate of drug-likeness (QED) is 0.659. The Morgan fingerprint density at radius 3 is 1.94 bits per heavy atom. The zero-order chi connectivity index (χ0) is 11.5. The van der Waals surface area contributed by atoms with Crippen molar-refractivity contribution in [2.45, 2.75) is 4.90 Å². The van der Waals surface area contributed by atoms with Gasteiger partial charge in [-0.25, -0.2) is 0 Å². The first-order valence-electron chi connectivity index (χ1n) is 4.81. The standard InChI is InChI=1S/C13H10Cl2S/c1-16-10-7-5-9(6-8-10)13-11(14)3-2-4-12(13)15/h2-8H,1H3. The van der Waals surface area contributed by atoms with Crippen molar-refractivity contribution in [3.8, 4) is 11.1 Å². The van der Waals surface area contributed by atoms with Crippen molar-refractivity contribution in [3.63, 3.8) is 0 Å². The minimum Gasteiger partial charge on any atom is -0.130 e. The van der Waals surface area contributed by atoms with Crippen molar-refractivity contribution < 1.29 is 0 Å². The molecule has 2 aromatic carbocycles. The van der Waals surface area contributed by atoms with Gasteiger partial charge in [-0.3, -0.25) is 0 Å². The second-order valence-electron chi connectivity index (χ2n) is 3.33. The molecule has 0 aliphatic carbocycles. The van der Waals surface area contributed by atoms with Gasteiger partial charge in [0.1, 0.15) is 0 Å². The van der Waals surface area contributed by atoms with Gasteiger partial charge >= 0.3 is 0 Å². The van der Waals surface area contributed by atoms with Crippen molar-refractivity contribution in [1.82, 2.24) is 0 Å². The van der Waals surface area contributed by atoms with Crippen LogP contribution in [0.15, 0.2) is 47.4 Å². The van der Waals surface area contributed by atoms with Gasteiger partial charge in [-0.2, -0.15) is 0 Å². The molecular weight excluding hydrogens is 259 g/mol. The number of thioether (sulfide) groups is 1. The van der Waals surface area contributed by atoms with Gasteiger partial charge in [0, 0.05) is 20.5 Å². The smallest absolute Gasteiger partial charge is 0.0499 e. The van der Waals surface area contributed by atoms with E-state index in [-0.39, 0.29) is 0 Å². The maximum absolute atomic E-state index is 6.15. The van der Waals surface area contributed by atoms with Crippen LogP contribution in [0.25, 0.3) is 11.1 Å². The molecule has 0 amide bonds. The van der Waals surface area contributed by atoms with E-state index >= 15 is 0 Å². The lowest BCUT2D eigenvalue weighted by atomic mass is 10.1. The molecule has 2 rings (SSSR count). The van der Waals surface area contributed by atoms with Crippen molar-refractivity contribution >= 4 is 35.0 Å². The van der Waals surface area contributed by atoms with E-state index in [2.05, 4.69) is 18.4 Å². The highest BCUT2D eigenvalue weighted by Crippen LogP contribution is 2.35. The van der Waals surface area contributed by atoms with Gasteiger partial charge in [0.25, 0.3) is 0 Å². The van der Waals surface area contributed by atoms with Crippen LogP contribution in [0.2, 0.25) is 10.0 Å². The van der Waals surface area contributed by atoms with Crippen molar-refractivity contribution in [2.24, 2.45) is 0 Å². The van der Waals surface area contributed by atoms with Gasteiger partial charge in [0.2, 0.25) is 0 Å². The first-order valence-corrected chi connectivity index (χ1v) is 6.79. The van der Waals surface area contributed by atoms with Crippen LogP contribution in [0.5, 0.6) is 0 Å². The highest BCUT2D eigenvalue weighted by Gasteiger charge is 2.07. The van der Waals surface area contributed by atoms with E-state index in [4.69, 9.17) is 23.2 Å². The lowest BCUT2D eigenvalue weighted by Crippen LogP contribution is -1.81. The lowest BCUT2D eigenvalue weighted by Gasteiger charge is -2.07. The van der Waals surface area contributed by atoms with Gasteiger partial charge in [-0.15, -0.1) is 11.8 Å². The van der Waals surface area contributed by atoms with Crippen molar-refractivity contribution in [3.05, 3.63) is 52.5 Å². The number of rotatable bonds is 2. The number of hydrogen-bond donors (Lipinski definition) is 0. The van der Waals surface area contributed by atoms with Gasteiger partial charge in [-0.1, -0.05) is 41.4 Å². The largest absolute Gasteiger partial charge is 0.130 e. The Hall–Kier alpha value is -0.630. The topological polar surface area (TPSA) is 0 Å². The first-order chi connectivity index (χ1) is 7.72. The SMILES string of the molecule is CSc1ccc(-c2c(Cl)cccc2Cl)cc1. The van der Waals surface area contributed by atoms with Crippen LogP contribution in [0, 0.1) is 0 Å². The molecule has 0 aliphatic heterocycles. The van der Waals surface area contributed by atoms with Crippen LogP contribution in [0.4, 0.5) is 0 Å². The molecule has 16 heavy (non-hydrogen) atoms. The predicted octanol–water partition coefficient (Wildman–Crippen LogP) is 5.38. The molecule has 0 N–H and O–H groups in total. The van der Waals surface area contributed by atoms with Gasteiger partial charge in [0.05, 0.1) is 0 Å². The van der Waals surface area contributed by atoms with Gasteiger partial charge in [-0.05, 0) is 36.1 Å². The molecule has 0 heterocycles. The molecule has 82 valence electrons. The summed E-state index contributed by atoms with van der Waals surface area (Å²) in [7, 11) is 0. The van der Waals surface area contributed by atoms with E-state index in [9.17, 15) is 0 Å². The molecule has 0 bridgehead atoms. The molecule has 2 aromatic rings. The van der Waals surface area contributed by atoms with Crippen LogP contribution < -0.4 is 0 Å². The number of hydrogen-bond acceptors (Lipinski definition) is 1. The Balaban J connectivity index is 2.50. The molecule has 0 aromatic heterocycles. The summed E-state index contributed by atoms with van der Waals surface area (Å²) in [6, 6.07) is 13.8. The molecule has 0 aliphatic rings. The van der Waals surface area contributed by atoms with Crippen molar-refractivity contribution in [1.29, 1.82) is 0 Å². The third-order valence-corrected chi connectivity index (χ3v) is 3.71. The summed E-state index contributed by atoms with van der Waals surface area (Å²) >= 11 is 14.0. The Kier molecular flexibility index (Phi) is 3.80. The second kappa shape index (κ2) is 5.13. The molecule has 0 fully saturated rings. The predicted molar refractivity (Wildman–Crippen MR) is 73.7 cm³/mol. The molecule has 0 atom stereocenters. The Morgan fingerprint density at radius 2 is 1.44 bits per heavy atom. The van der Waals surface area contributed by atoms with E-state index < -0.39 is 0 Å². The van der Waals surface area contributed by atoms with Crippen LogP contribution in [0.3, 0.4) is 0 Å². The third kappa shape index (κ3) is 2.37. The minimum atomic E-state index is 0.685. The normalized spacial score (nSPS) is 10.4. The van der Waals surface area contributed by atoms with E-state index in [1.165, 1.54) is 4.90 Å². The van der Waals surface area contributed by atoms with Crippen LogP contribution in [0.1, 0.15) is 0 Å². The Morgan fingerprint density at radius 1 is 0.875 bits per heavy atom. The average Bonchev–Trinajstić information content (AvgIpc) is 2.30. The maximum Gasteiger partial charge on any atom is 0.0499 e. The van der Waals surface area contributed by atoms with E-state index in [1.54, 1.807) is 11.8 Å². The highest BCUT2D eigenvalue weighted by atomic mass is 35.5. The second-order valence-corrected chi connectivity index (χ2v) is 5.02. The van der Waals surface area contributed by atoms with Crippen LogP contribution in [-0.2, 0) is 0 Å². The fourth-order valence-electron chi connectivity index (χ4n) is 1.53. The first kappa shape index (κ1) is 11.8. The zero-order valence-corrected chi connectivity index (χ0v) is 11.0. The monoisotopic (exact) mass is 268 g/mol. The summed E-state index contributed by atoms with van der Waals surface area (Å²) in [6.45, 7) is 0. The van der Waals surface area contributed by atoms with Crippen LogP contribution >= 0.6 is 35.0 Å². The summed E-state index contributed by atoms with van der Waals surface area (Å²) in [5, 5.41) is 1.37. The molecule has 0 saturated heterocycles. The van der Waals surface area contributed by atoms with Crippen LogP contribution in [-0.4, -0.2) is 6.26 Å². The molecular formula is C13H10Cl2S. The molecule has 0 spiro atoms. The zero-order valence-electron chi connectivity index (χ0n) is 8.71. The third-order valence-electron chi connectivity index (χ3n) is 2.34. The minimum absolute atomic E-state index is 0.685. The number of halogens is 2. The molecule has 0 nitrogen and oxygen atoms in total. The fourth-order valence-corrected chi connectivity index (χ4v) is 2.56. The average molecular weight is 269 g/mol.